The van der Waals surface area contributed by atoms with E-state index in [2.05, 4.69) is 35.1 Å². The summed E-state index contributed by atoms with van der Waals surface area (Å²) >= 11 is 1.27. The Hall–Kier alpha value is -1.74. The highest BCUT2D eigenvalue weighted by Crippen LogP contribution is 2.22. The average Bonchev–Trinajstić information content (AvgIpc) is 2.84. The molecule has 6 heteroatoms. The van der Waals surface area contributed by atoms with Gasteiger partial charge in [0.1, 0.15) is 11.9 Å². The van der Waals surface area contributed by atoms with Gasteiger partial charge < -0.3 is 0 Å². The molecular weight excluding hydrogens is 222 g/mol. The van der Waals surface area contributed by atoms with Gasteiger partial charge in [-0.15, -0.1) is 0 Å². The van der Waals surface area contributed by atoms with Crippen molar-refractivity contribution in [3.8, 4) is 11.2 Å². The predicted molar refractivity (Wildman–Crippen MR) is 60.4 cm³/mol. The Morgan fingerprint density at radius 3 is 2.75 bits per heavy atom. The second-order valence-corrected chi connectivity index (χ2v) is 5.11. The zero-order valence-corrected chi connectivity index (χ0v) is 10.1. The van der Waals surface area contributed by atoms with Crippen LogP contribution in [0.1, 0.15) is 32.4 Å². The van der Waals surface area contributed by atoms with E-state index in [4.69, 9.17) is 5.26 Å². The average molecular weight is 233 g/mol. The van der Waals surface area contributed by atoms with Crippen LogP contribution in [0.5, 0.6) is 0 Å². The highest BCUT2D eigenvalue weighted by Gasteiger charge is 2.20. The molecule has 0 aliphatic rings. The fraction of sp³-hybridized carbons (Fsp3) is 0.400. The number of aromatic nitrogens is 4. The first kappa shape index (κ1) is 10.8. The van der Waals surface area contributed by atoms with Crippen molar-refractivity contribution in [2.75, 3.05) is 0 Å². The minimum absolute atomic E-state index is 0.0812. The summed E-state index contributed by atoms with van der Waals surface area (Å²) in [5.74, 6) is 1.11. The molecule has 0 aliphatic carbocycles. The number of hydrogen-bond acceptors (Lipinski definition) is 5. The summed E-state index contributed by atoms with van der Waals surface area (Å²) in [6, 6.07) is 2.01. The van der Waals surface area contributed by atoms with Crippen molar-refractivity contribution in [3.63, 3.8) is 0 Å². The van der Waals surface area contributed by atoms with Crippen molar-refractivity contribution < 1.29 is 0 Å². The monoisotopic (exact) mass is 233 g/mol. The van der Waals surface area contributed by atoms with Crippen LogP contribution in [0.25, 0.3) is 5.13 Å². The predicted octanol–water partition coefficient (Wildman–Crippen LogP) is 1.89. The molecule has 0 fully saturated rings. The molecule has 0 spiro atoms. The van der Waals surface area contributed by atoms with Crippen LogP contribution in [0, 0.1) is 11.3 Å². The van der Waals surface area contributed by atoms with Crippen LogP contribution in [0.2, 0.25) is 0 Å². The van der Waals surface area contributed by atoms with Gasteiger partial charge >= 0.3 is 0 Å². The number of imidazole rings is 1. The number of rotatable bonds is 1. The lowest BCUT2D eigenvalue weighted by molar-refractivity contribution is 0.553. The molecule has 82 valence electrons. The molecule has 0 saturated heterocycles. The Morgan fingerprint density at radius 2 is 2.19 bits per heavy atom. The van der Waals surface area contributed by atoms with E-state index in [1.807, 2.05) is 6.07 Å². The molecule has 0 amide bonds. The first-order valence-electron chi connectivity index (χ1n) is 4.80. The van der Waals surface area contributed by atoms with Gasteiger partial charge in [0.05, 0.1) is 0 Å². The smallest absolute Gasteiger partial charge is 0.219 e. The topological polar surface area (TPSA) is 67.4 Å². The fourth-order valence-electron chi connectivity index (χ4n) is 1.16. The van der Waals surface area contributed by atoms with Crippen LogP contribution in [-0.4, -0.2) is 18.9 Å². The maximum absolute atomic E-state index is 8.86. The molecule has 2 aromatic rings. The first-order chi connectivity index (χ1) is 7.52. The SMILES string of the molecule is CC(C)(C)c1nsc(-n2ccnc2C#N)n1. The lowest BCUT2D eigenvalue weighted by atomic mass is 9.96. The second-order valence-electron chi connectivity index (χ2n) is 4.38. The quantitative estimate of drug-likeness (QED) is 0.754. The summed E-state index contributed by atoms with van der Waals surface area (Å²) in [5, 5.41) is 9.54. The van der Waals surface area contributed by atoms with E-state index in [9.17, 15) is 0 Å². The zero-order chi connectivity index (χ0) is 11.8. The number of nitrogens with zero attached hydrogens (tertiary/aromatic N) is 5. The molecular formula is C10H11N5S. The van der Waals surface area contributed by atoms with Crippen molar-refractivity contribution in [1.29, 1.82) is 5.26 Å². The molecule has 0 bridgehead atoms. The fourth-order valence-corrected chi connectivity index (χ4v) is 2.00. The van der Waals surface area contributed by atoms with Gasteiger partial charge in [0.25, 0.3) is 0 Å². The minimum Gasteiger partial charge on any atom is -0.265 e. The van der Waals surface area contributed by atoms with E-state index in [-0.39, 0.29) is 5.41 Å². The lowest BCUT2D eigenvalue weighted by Gasteiger charge is -2.12. The van der Waals surface area contributed by atoms with Crippen LogP contribution in [0.15, 0.2) is 12.4 Å². The van der Waals surface area contributed by atoms with E-state index in [0.717, 1.165) is 5.82 Å². The van der Waals surface area contributed by atoms with Gasteiger partial charge in [-0.05, 0) is 0 Å². The lowest BCUT2D eigenvalue weighted by Crippen LogP contribution is -2.13. The molecule has 5 nitrogen and oxygen atoms in total. The Balaban J connectivity index is 2.44. The van der Waals surface area contributed by atoms with Gasteiger partial charge in [-0.25, -0.2) is 9.97 Å². The molecule has 0 aromatic carbocycles. The molecule has 2 heterocycles. The third kappa shape index (κ3) is 1.82. The summed E-state index contributed by atoms with van der Waals surface area (Å²) < 4.78 is 5.94. The van der Waals surface area contributed by atoms with E-state index in [0.29, 0.717) is 11.0 Å². The largest absolute Gasteiger partial charge is 0.265 e. The maximum Gasteiger partial charge on any atom is 0.219 e. The maximum atomic E-state index is 8.86. The molecule has 0 atom stereocenters. The van der Waals surface area contributed by atoms with Crippen molar-refractivity contribution in [2.45, 2.75) is 26.2 Å². The Morgan fingerprint density at radius 1 is 1.44 bits per heavy atom. The second kappa shape index (κ2) is 3.68. The van der Waals surface area contributed by atoms with Gasteiger partial charge in [0.15, 0.2) is 0 Å². The van der Waals surface area contributed by atoms with E-state index in [1.54, 1.807) is 17.0 Å². The Labute approximate surface area is 97.6 Å². The van der Waals surface area contributed by atoms with Crippen molar-refractivity contribution in [2.24, 2.45) is 0 Å². The summed E-state index contributed by atoms with van der Waals surface area (Å²) in [6.07, 6.45) is 3.29. The molecule has 0 aliphatic heterocycles. The molecule has 2 aromatic heterocycles. The van der Waals surface area contributed by atoms with Crippen molar-refractivity contribution in [3.05, 3.63) is 24.0 Å². The Bertz CT molecular complexity index is 540. The highest BCUT2D eigenvalue weighted by molar-refractivity contribution is 7.08. The third-order valence-electron chi connectivity index (χ3n) is 2.03. The van der Waals surface area contributed by atoms with Crippen LogP contribution in [-0.2, 0) is 5.41 Å². The van der Waals surface area contributed by atoms with Crippen LogP contribution in [0.4, 0.5) is 0 Å². The molecule has 16 heavy (non-hydrogen) atoms. The van der Waals surface area contributed by atoms with Crippen LogP contribution in [0.3, 0.4) is 0 Å². The van der Waals surface area contributed by atoms with Gasteiger partial charge in [-0.3, -0.25) is 4.57 Å². The highest BCUT2D eigenvalue weighted by atomic mass is 32.1. The van der Waals surface area contributed by atoms with Crippen LogP contribution < -0.4 is 0 Å². The van der Waals surface area contributed by atoms with E-state index in [1.165, 1.54) is 11.5 Å². The normalized spacial score (nSPS) is 11.4. The molecule has 2 rings (SSSR count). The van der Waals surface area contributed by atoms with Gasteiger partial charge in [0, 0.05) is 29.3 Å². The van der Waals surface area contributed by atoms with Gasteiger partial charge in [-0.1, -0.05) is 20.8 Å². The van der Waals surface area contributed by atoms with Crippen LogP contribution >= 0.6 is 11.5 Å². The molecule has 0 saturated carbocycles. The molecule has 0 radical (unpaired) electrons. The van der Waals surface area contributed by atoms with E-state index < -0.39 is 0 Å². The van der Waals surface area contributed by atoms with Gasteiger partial charge in [0.2, 0.25) is 11.0 Å². The standard InChI is InChI=1S/C10H11N5S/c1-10(2,3)8-13-9(16-14-8)15-5-4-12-7(15)6-11/h4-5H,1-3H3. The van der Waals surface area contributed by atoms with Crippen molar-refractivity contribution in [1.82, 2.24) is 18.9 Å². The Kier molecular flexibility index (Phi) is 2.48. The van der Waals surface area contributed by atoms with Crippen molar-refractivity contribution >= 4 is 11.5 Å². The minimum atomic E-state index is -0.0812. The van der Waals surface area contributed by atoms with E-state index >= 15 is 0 Å². The molecule has 0 unspecified atom stereocenters. The zero-order valence-electron chi connectivity index (χ0n) is 9.30. The summed E-state index contributed by atoms with van der Waals surface area (Å²) in [5.41, 5.74) is -0.0812. The first-order valence-corrected chi connectivity index (χ1v) is 5.58. The summed E-state index contributed by atoms with van der Waals surface area (Å²) in [4.78, 5) is 8.34. The number of hydrogen-bond donors (Lipinski definition) is 0. The summed E-state index contributed by atoms with van der Waals surface area (Å²) in [7, 11) is 0. The molecule has 0 N–H and O–H groups in total. The number of nitriles is 1. The summed E-state index contributed by atoms with van der Waals surface area (Å²) in [6.45, 7) is 6.16. The third-order valence-corrected chi connectivity index (χ3v) is 2.75. The van der Waals surface area contributed by atoms with Gasteiger partial charge in [-0.2, -0.15) is 9.64 Å².